The Kier molecular flexibility index (Phi) is 4.86. The molecule has 0 aliphatic rings. The van der Waals surface area contributed by atoms with Gasteiger partial charge in [0.15, 0.2) is 6.10 Å². The predicted octanol–water partition coefficient (Wildman–Crippen LogP) is 1.71. The second-order valence-electron chi connectivity index (χ2n) is 2.59. The van der Waals surface area contributed by atoms with E-state index in [9.17, 15) is 4.79 Å². The molecule has 0 aromatic carbocycles. The molecule has 0 saturated heterocycles. The van der Waals surface area contributed by atoms with Gasteiger partial charge in [-0.1, -0.05) is 13.8 Å². The molecule has 0 amide bonds. The van der Waals surface area contributed by atoms with E-state index in [4.69, 9.17) is 5.26 Å². The third-order valence-electron chi connectivity index (χ3n) is 1.22. The van der Waals surface area contributed by atoms with Crippen LogP contribution in [-0.4, -0.2) is 18.9 Å². The summed E-state index contributed by atoms with van der Waals surface area (Å²) in [4.78, 5) is 10.7. The highest BCUT2D eigenvalue weighted by Crippen LogP contribution is 2.06. The summed E-state index contributed by atoms with van der Waals surface area (Å²) < 4.78 is 9.19. The topological polar surface area (TPSA) is 59.3 Å². The van der Waals surface area contributed by atoms with Crippen molar-refractivity contribution in [3.05, 3.63) is 0 Å². The number of carbonyl (C=O) groups is 1. The lowest BCUT2D eigenvalue weighted by molar-refractivity contribution is 0.0299. The molecule has 0 bridgehead atoms. The summed E-state index contributed by atoms with van der Waals surface area (Å²) in [6.07, 6.45) is -1.50. The molecule has 0 aromatic rings. The molecule has 1 atom stereocenters. The van der Waals surface area contributed by atoms with Gasteiger partial charge in [0, 0.05) is 5.92 Å². The van der Waals surface area contributed by atoms with Crippen molar-refractivity contribution in [3.8, 4) is 6.07 Å². The summed E-state index contributed by atoms with van der Waals surface area (Å²) in [7, 11) is 0. The number of ether oxygens (including phenoxy) is 2. The van der Waals surface area contributed by atoms with Crippen molar-refractivity contribution in [1.29, 1.82) is 5.26 Å². The summed E-state index contributed by atoms with van der Waals surface area (Å²) in [5, 5.41) is 8.53. The summed E-state index contributed by atoms with van der Waals surface area (Å²) in [5.41, 5.74) is 0. The lowest BCUT2D eigenvalue weighted by atomic mass is 10.1. The summed E-state index contributed by atoms with van der Waals surface area (Å²) in [5.74, 6) is -0.0144. The monoisotopic (exact) mass is 171 g/mol. The van der Waals surface area contributed by atoms with Crippen LogP contribution in [0.25, 0.3) is 0 Å². The third kappa shape index (κ3) is 3.81. The molecule has 0 N–H and O–H groups in total. The molecule has 0 spiro atoms. The van der Waals surface area contributed by atoms with Crippen molar-refractivity contribution in [2.75, 3.05) is 6.61 Å². The second kappa shape index (κ2) is 5.42. The quantitative estimate of drug-likeness (QED) is 0.606. The standard InChI is InChI=1S/C8H13NO3/c1-4-11-8(10)12-7(5-9)6(2)3/h6-7H,4H2,1-3H3/t7-/m1/s1. The van der Waals surface area contributed by atoms with Crippen LogP contribution in [0.5, 0.6) is 0 Å². The normalized spacial score (nSPS) is 11.9. The average molecular weight is 171 g/mol. The number of hydrogen-bond acceptors (Lipinski definition) is 4. The minimum Gasteiger partial charge on any atom is -0.435 e. The molecule has 0 heterocycles. The molecular weight excluding hydrogens is 158 g/mol. The van der Waals surface area contributed by atoms with Crippen LogP contribution in [0.4, 0.5) is 4.79 Å². The largest absolute Gasteiger partial charge is 0.509 e. The Morgan fingerprint density at radius 3 is 2.50 bits per heavy atom. The van der Waals surface area contributed by atoms with Crippen LogP contribution in [0, 0.1) is 17.2 Å². The van der Waals surface area contributed by atoms with Gasteiger partial charge >= 0.3 is 6.16 Å². The Labute approximate surface area is 72.1 Å². The van der Waals surface area contributed by atoms with E-state index in [1.165, 1.54) is 0 Å². The van der Waals surface area contributed by atoms with Gasteiger partial charge in [-0.2, -0.15) is 5.26 Å². The molecule has 0 rings (SSSR count). The molecular formula is C8H13NO3. The van der Waals surface area contributed by atoms with Crippen LogP contribution >= 0.6 is 0 Å². The van der Waals surface area contributed by atoms with Crippen LogP contribution in [0.3, 0.4) is 0 Å². The van der Waals surface area contributed by atoms with Crippen molar-refractivity contribution in [1.82, 2.24) is 0 Å². The predicted molar refractivity (Wildman–Crippen MR) is 42.3 cm³/mol. The molecule has 0 radical (unpaired) electrons. The lowest BCUT2D eigenvalue weighted by Crippen LogP contribution is -2.22. The zero-order valence-corrected chi connectivity index (χ0v) is 7.53. The maximum absolute atomic E-state index is 10.7. The fourth-order valence-electron chi connectivity index (χ4n) is 0.567. The Balaban J connectivity index is 3.88. The van der Waals surface area contributed by atoms with Gasteiger partial charge < -0.3 is 9.47 Å². The Hall–Kier alpha value is -1.24. The van der Waals surface area contributed by atoms with Crippen LogP contribution < -0.4 is 0 Å². The molecule has 0 fully saturated rings. The van der Waals surface area contributed by atoms with E-state index in [-0.39, 0.29) is 12.5 Å². The van der Waals surface area contributed by atoms with Crippen LogP contribution in [-0.2, 0) is 9.47 Å². The molecule has 0 aliphatic carbocycles. The second-order valence-corrected chi connectivity index (χ2v) is 2.59. The molecule has 4 nitrogen and oxygen atoms in total. The van der Waals surface area contributed by atoms with Gasteiger partial charge in [0.2, 0.25) is 0 Å². The molecule has 4 heteroatoms. The first-order valence-corrected chi connectivity index (χ1v) is 3.84. The Morgan fingerprint density at radius 1 is 1.58 bits per heavy atom. The Bertz CT molecular complexity index is 183. The third-order valence-corrected chi connectivity index (χ3v) is 1.22. The number of hydrogen-bond donors (Lipinski definition) is 0. The maximum atomic E-state index is 10.7. The van der Waals surface area contributed by atoms with Gasteiger partial charge in [-0.15, -0.1) is 0 Å². The molecule has 0 unspecified atom stereocenters. The fourth-order valence-corrected chi connectivity index (χ4v) is 0.567. The van der Waals surface area contributed by atoms with Crippen LogP contribution in [0.15, 0.2) is 0 Å². The van der Waals surface area contributed by atoms with Gasteiger partial charge in [0.05, 0.1) is 6.61 Å². The van der Waals surface area contributed by atoms with E-state index >= 15 is 0 Å². The zero-order chi connectivity index (χ0) is 9.56. The van der Waals surface area contributed by atoms with Crippen LogP contribution in [0.1, 0.15) is 20.8 Å². The van der Waals surface area contributed by atoms with Crippen molar-refractivity contribution in [3.63, 3.8) is 0 Å². The van der Waals surface area contributed by atoms with E-state index in [1.54, 1.807) is 20.8 Å². The number of nitrogens with zero attached hydrogens (tertiary/aromatic N) is 1. The zero-order valence-electron chi connectivity index (χ0n) is 7.53. The Morgan fingerprint density at radius 2 is 2.17 bits per heavy atom. The van der Waals surface area contributed by atoms with Gasteiger partial charge in [0.1, 0.15) is 6.07 Å². The molecule has 68 valence electrons. The van der Waals surface area contributed by atoms with Crippen molar-refractivity contribution in [2.24, 2.45) is 5.92 Å². The average Bonchev–Trinajstić information content (AvgIpc) is 2.00. The first kappa shape index (κ1) is 10.8. The van der Waals surface area contributed by atoms with Gasteiger partial charge in [-0.25, -0.2) is 4.79 Å². The van der Waals surface area contributed by atoms with E-state index in [1.807, 2.05) is 6.07 Å². The highest BCUT2D eigenvalue weighted by molar-refractivity contribution is 5.60. The SMILES string of the molecule is CCOC(=O)O[C@H](C#N)C(C)C. The molecule has 12 heavy (non-hydrogen) atoms. The summed E-state index contributed by atoms with van der Waals surface area (Å²) in [6.45, 7) is 5.54. The summed E-state index contributed by atoms with van der Waals surface area (Å²) >= 11 is 0. The first-order chi connectivity index (χ1) is 5.61. The van der Waals surface area contributed by atoms with Crippen LogP contribution in [0.2, 0.25) is 0 Å². The van der Waals surface area contributed by atoms with Crippen molar-refractivity contribution in [2.45, 2.75) is 26.9 Å². The fraction of sp³-hybridized carbons (Fsp3) is 0.750. The van der Waals surface area contributed by atoms with Crippen molar-refractivity contribution < 1.29 is 14.3 Å². The first-order valence-electron chi connectivity index (χ1n) is 3.84. The van der Waals surface area contributed by atoms with E-state index in [2.05, 4.69) is 9.47 Å². The molecule has 0 aliphatic heterocycles. The van der Waals surface area contributed by atoms with Gasteiger partial charge in [-0.3, -0.25) is 0 Å². The number of nitriles is 1. The van der Waals surface area contributed by atoms with Gasteiger partial charge in [-0.05, 0) is 6.92 Å². The molecule has 0 aromatic heterocycles. The number of carbonyl (C=O) groups excluding carboxylic acids is 1. The van der Waals surface area contributed by atoms with Crippen molar-refractivity contribution >= 4 is 6.16 Å². The van der Waals surface area contributed by atoms with E-state index < -0.39 is 12.3 Å². The van der Waals surface area contributed by atoms with E-state index in [0.29, 0.717) is 0 Å². The van der Waals surface area contributed by atoms with E-state index in [0.717, 1.165) is 0 Å². The summed E-state index contributed by atoms with van der Waals surface area (Å²) in [6, 6.07) is 1.87. The van der Waals surface area contributed by atoms with Gasteiger partial charge in [0.25, 0.3) is 0 Å². The highest BCUT2D eigenvalue weighted by atomic mass is 16.7. The number of rotatable bonds is 3. The minimum absolute atomic E-state index is 0.0144. The highest BCUT2D eigenvalue weighted by Gasteiger charge is 2.17. The maximum Gasteiger partial charge on any atom is 0.509 e. The minimum atomic E-state index is -0.780. The molecule has 0 saturated carbocycles. The smallest absolute Gasteiger partial charge is 0.435 e. The lowest BCUT2D eigenvalue weighted by Gasteiger charge is -2.12.